The van der Waals surface area contributed by atoms with Crippen LogP contribution in [-0.4, -0.2) is 32.1 Å². The van der Waals surface area contributed by atoms with Crippen LogP contribution in [0.5, 0.6) is 0 Å². The summed E-state index contributed by atoms with van der Waals surface area (Å²) in [6.07, 6.45) is 0. The lowest BCUT2D eigenvalue weighted by Crippen LogP contribution is -2.15. The molecule has 0 amide bonds. The summed E-state index contributed by atoms with van der Waals surface area (Å²) < 4.78 is 29.9. The van der Waals surface area contributed by atoms with Crippen LogP contribution in [0.25, 0.3) is 99.0 Å². The Labute approximate surface area is 428 Å². The van der Waals surface area contributed by atoms with E-state index in [1.165, 1.54) is 10.9 Å². The molecule has 0 saturated carbocycles. The summed E-state index contributed by atoms with van der Waals surface area (Å²) in [7, 11) is -4.03. The number of halogens is 1. The largest absolute Gasteiger partial charge is 0.373 e. The summed E-state index contributed by atoms with van der Waals surface area (Å²) in [4.78, 5) is 9.82. The van der Waals surface area contributed by atoms with E-state index in [0.29, 0.717) is 0 Å². The van der Waals surface area contributed by atoms with Gasteiger partial charge in [-0.1, -0.05) is 168 Å². The Kier molecular flexibility index (Phi) is 12.0. The van der Waals surface area contributed by atoms with Crippen LogP contribution in [0.3, 0.4) is 0 Å². The van der Waals surface area contributed by atoms with Crippen LogP contribution in [0.4, 0.5) is 0 Å². The van der Waals surface area contributed by atoms with Crippen molar-refractivity contribution in [3.05, 3.63) is 248 Å². The fourth-order valence-corrected chi connectivity index (χ4v) is 12.5. The van der Waals surface area contributed by atoms with Gasteiger partial charge in [0.15, 0.2) is 5.30 Å². The molecular formula is C64H46ClN4O2P2+. The SMILES string of the molecule is CP(=O)(c1ccc(-c2ccccc2)cc1)c1ccc2c(c1)c1ccccc1n1c3ccccc3nc21.C[P+](=O)c1ccc(-c2ccccc2)cc1.Clc1ccc2c(c1)c1ccccc1n1c3ccccc3nc21. The van der Waals surface area contributed by atoms with E-state index in [2.05, 4.69) is 148 Å². The average molecular weight is 1000 g/mol. The monoisotopic (exact) mass is 999 g/mol. The Morgan fingerprint density at radius 3 is 1.30 bits per heavy atom. The molecule has 9 heteroatoms. The predicted molar refractivity (Wildman–Crippen MR) is 310 cm³/mol. The maximum atomic E-state index is 14.2. The molecule has 0 bridgehead atoms. The van der Waals surface area contributed by atoms with E-state index in [0.717, 1.165) is 109 Å². The molecule has 0 spiro atoms. The number of aromatic nitrogens is 4. The van der Waals surface area contributed by atoms with Gasteiger partial charge in [-0.3, -0.25) is 8.80 Å². The number of rotatable bonds is 5. The van der Waals surface area contributed by atoms with Crippen LogP contribution in [0.15, 0.2) is 243 Å². The van der Waals surface area contributed by atoms with Crippen LogP contribution in [0.1, 0.15) is 0 Å². The van der Waals surface area contributed by atoms with Crippen LogP contribution in [0, 0.1) is 0 Å². The first-order valence-electron chi connectivity index (χ1n) is 24.1. The van der Waals surface area contributed by atoms with Crippen molar-refractivity contribution in [2.45, 2.75) is 0 Å². The fourth-order valence-electron chi connectivity index (χ4n) is 10.1. The van der Waals surface area contributed by atoms with Crippen molar-refractivity contribution in [3.8, 4) is 22.3 Å². The Balaban J connectivity index is 0.000000124. The second-order valence-corrected chi connectivity index (χ2v) is 23.0. The second-order valence-electron chi connectivity index (χ2n) is 18.2. The van der Waals surface area contributed by atoms with E-state index >= 15 is 0 Å². The molecule has 350 valence electrons. The number of pyridine rings is 2. The molecule has 10 aromatic carbocycles. The zero-order valence-corrected chi connectivity index (χ0v) is 42.5. The molecule has 0 aliphatic carbocycles. The standard InChI is InChI=1S/C32H23N2OP.C19H11ClN2.C13H12OP/c1-36(35,24-17-15-23(16-18-24)22-9-3-2-4-10-22)25-19-20-27-28(21-25)26-11-5-7-13-30(26)34-31-14-8-6-12-29(31)33-32(27)34;20-12-9-10-14-15(11-12)13-5-1-3-7-17(13)22-18-8-4-2-6-16(18)21-19(14)22;1-15(14)13-9-7-12(8-10-13)11-5-3-2-4-6-11/h2-21H,1H3;1-11H;2-10H,1H3/q;;+1. The van der Waals surface area contributed by atoms with Crippen molar-refractivity contribution in [1.82, 2.24) is 18.8 Å². The topological polar surface area (TPSA) is 68.7 Å². The van der Waals surface area contributed by atoms with Crippen LogP contribution in [0.2, 0.25) is 5.02 Å². The van der Waals surface area contributed by atoms with Crippen molar-refractivity contribution < 1.29 is 9.13 Å². The zero-order chi connectivity index (χ0) is 49.6. The van der Waals surface area contributed by atoms with Crippen LogP contribution < -0.4 is 15.9 Å². The fraction of sp³-hybridized carbons (Fsp3) is 0.0312. The number of benzene rings is 10. The smallest absolute Gasteiger partial charge is 0.314 e. The van der Waals surface area contributed by atoms with Gasteiger partial charge in [-0.15, -0.1) is 0 Å². The molecule has 0 N–H and O–H groups in total. The third-order valence-electron chi connectivity index (χ3n) is 13.8. The third kappa shape index (κ3) is 8.44. The number of para-hydroxylation sites is 6. The highest BCUT2D eigenvalue weighted by atomic mass is 35.5. The minimum atomic E-state index is -2.81. The number of fused-ring (bicyclic) bond motifs is 16. The van der Waals surface area contributed by atoms with Crippen molar-refractivity contribution in [3.63, 3.8) is 0 Å². The van der Waals surface area contributed by atoms with Crippen molar-refractivity contribution in [2.24, 2.45) is 0 Å². The summed E-state index contributed by atoms with van der Waals surface area (Å²) in [5.41, 5.74) is 13.0. The normalized spacial score (nSPS) is 12.5. The summed E-state index contributed by atoms with van der Waals surface area (Å²) in [6.45, 7) is 3.60. The lowest BCUT2D eigenvalue weighted by atomic mass is 10.1. The first-order chi connectivity index (χ1) is 35.7. The highest BCUT2D eigenvalue weighted by Gasteiger charge is 2.23. The van der Waals surface area contributed by atoms with E-state index in [9.17, 15) is 9.13 Å². The van der Waals surface area contributed by atoms with Crippen LogP contribution >= 0.6 is 26.5 Å². The van der Waals surface area contributed by atoms with Crippen molar-refractivity contribution >= 4 is 119 Å². The Bertz CT molecular complexity index is 4460. The Morgan fingerprint density at radius 1 is 0.397 bits per heavy atom. The third-order valence-corrected chi connectivity index (χ3v) is 17.6. The number of hydrogen-bond donors (Lipinski definition) is 0. The van der Waals surface area contributed by atoms with Gasteiger partial charge in [-0.05, 0) is 131 Å². The van der Waals surface area contributed by atoms with Gasteiger partial charge in [-0.2, -0.15) is 0 Å². The molecule has 14 rings (SSSR count). The quantitative estimate of drug-likeness (QED) is 0.127. The molecule has 0 fully saturated rings. The minimum Gasteiger partial charge on any atom is -0.314 e. The van der Waals surface area contributed by atoms with Gasteiger partial charge in [0.05, 0.1) is 33.1 Å². The van der Waals surface area contributed by atoms with E-state index in [1.807, 2.05) is 110 Å². The molecule has 73 heavy (non-hydrogen) atoms. The highest BCUT2D eigenvalue weighted by Crippen LogP contribution is 2.42. The Morgan fingerprint density at radius 2 is 0.795 bits per heavy atom. The van der Waals surface area contributed by atoms with Gasteiger partial charge in [0.25, 0.3) is 0 Å². The van der Waals surface area contributed by atoms with E-state index < -0.39 is 14.9 Å². The summed E-state index contributed by atoms with van der Waals surface area (Å²) in [5, 5.41) is 10.1. The molecule has 2 atom stereocenters. The number of nitrogens with zero attached hydrogens (tertiary/aromatic N) is 4. The van der Waals surface area contributed by atoms with Gasteiger partial charge in [0, 0.05) is 37.2 Å². The molecule has 2 unspecified atom stereocenters. The van der Waals surface area contributed by atoms with Crippen molar-refractivity contribution in [2.75, 3.05) is 13.3 Å². The first kappa shape index (κ1) is 45.9. The van der Waals surface area contributed by atoms with Gasteiger partial charge >= 0.3 is 7.80 Å². The minimum absolute atomic E-state index is 0.748. The van der Waals surface area contributed by atoms with E-state index in [4.69, 9.17) is 21.6 Å². The molecular weight excluding hydrogens is 954 g/mol. The molecule has 4 heterocycles. The van der Waals surface area contributed by atoms with Crippen LogP contribution in [-0.2, 0) is 9.13 Å². The predicted octanol–water partition coefficient (Wildman–Crippen LogP) is 16.3. The average Bonchev–Trinajstić information content (AvgIpc) is 4.04. The summed E-state index contributed by atoms with van der Waals surface area (Å²) in [5.74, 6) is 0. The van der Waals surface area contributed by atoms with E-state index in [1.54, 1.807) is 6.66 Å². The zero-order valence-electron chi connectivity index (χ0n) is 40.0. The lowest BCUT2D eigenvalue weighted by molar-refractivity contribution is 0.590. The summed E-state index contributed by atoms with van der Waals surface area (Å²) >= 11 is 6.22. The summed E-state index contributed by atoms with van der Waals surface area (Å²) in [6, 6.07) is 82.0. The first-order valence-corrected chi connectivity index (χ1v) is 28.3. The Hall–Kier alpha value is -8.24. The van der Waals surface area contributed by atoms with Crippen molar-refractivity contribution in [1.29, 1.82) is 0 Å². The highest BCUT2D eigenvalue weighted by molar-refractivity contribution is 7.78. The molecule has 0 aliphatic rings. The lowest BCUT2D eigenvalue weighted by Gasteiger charge is -2.17. The molecule has 0 aliphatic heterocycles. The van der Waals surface area contributed by atoms with E-state index in [-0.39, 0.29) is 0 Å². The number of imidazole rings is 2. The maximum Gasteiger partial charge on any atom is 0.373 e. The molecule has 4 aromatic heterocycles. The number of hydrogen-bond acceptors (Lipinski definition) is 4. The molecule has 0 radical (unpaired) electrons. The van der Waals surface area contributed by atoms with Gasteiger partial charge < -0.3 is 4.57 Å². The molecule has 14 aromatic rings. The maximum absolute atomic E-state index is 14.2. The second kappa shape index (κ2) is 19.1. The van der Waals surface area contributed by atoms with Gasteiger partial charge in [0.1, 0.15) is 25.1 Å². The van der Waals surface area contributed by atoms with Gasteiger partial charge in [0.2, 0.25) is 0 Å². The molecule has 0 saturated heterocycles. The molecule has 6 nitrogen and oxygen atoms in total. The van der Waals surface area contributed by atoms with Gasteiger partial charge in [-0.25, -0.2) is 9.97 Å².